The summed E-state index contributed by atoms with van der Waals surface area (Å²) in [5, 5.41) is 35.7. The van der Waals surface area contributed by atoms with Crippen LogP contribution in [-0.4, -0.2) is 71.5 Å². The van der Waals surface area contributed by atoms with Gasteiger partial charge in [0.1, 0.15) is 12.7 Å². The lowest BCUT2D eigenvalue weighted by molar-refractivity contribution is -0.145. The quantitative estimate of drug-likeness (QED) is 0.245. The molecule has 0 saturated carbocycles. The average molecular weight is 356 g/mol. The standard InChI is InChI=1S/C16H20O9/c1-23-13-4-2-10(3-5-15(21)24-9-11(19)7-17)6-14(13)25-16(22)12(20)8-18/h2-6,11-12,17-20H,7-9H2,1H3. The predicted molar refractivity (Wildman–Crippen MR) is 84.8 cm³/mol. The second-order valence-corrected chi connectivity index (χ2v) is 4.83. The first kappa shape index (κ1) is 20.6. The Balaban J connectivity index is 2.81. The van der Waals surface area contributed by atoms with Gasteiger partial charge >= 0.3 is 11.9 Å². The smallest absolute Gasteiger partial charge is 0.342 e. The Morgan fingerprint density at radius 1 is 1.16 bits per heavy atom. The average Bonchev–Trinajstić information content (AvgIpc) is 2.63. The van der Waals surface area contributed by atoms with Gasteiger partial charge in [-0.15, -0.1) is 0 Å². The first-order chi connectivity index (χ1) is 11.9. The molecule has 0 saturated heterocycles. The fraction of sp³-hybridized carbons (Fsp3) is 0.375. The summed E-state index contributed by atoms with van der Waals surface area (Å²) >= 11 is 0. The second kappa shape index (κ2) is 10.4. The maximum atomic E-state index is 11.5. The van der Waals surface area contributed by atoms with E-state index in [4.69, 9.17) is 29.5 Å². The van der Waals surface area contributed by atoms with Crippen molar-refractivity contribution in [3.8, 4) is 11.5 Å². The van der Waals surface area contributed by atoms with Crippen LogP contribution in [-0.2, 0) is 14.3 Å². The zero-order valence-electron chi connectivity index (χ0n) is 13.5. The topological polar surface area (TPSA) is 143 Å². The molecule has 0 aliphatic heterocycles. The summed E-state index contributed by atoms with van der Waals surface area (Å²) < 4.78 is 14.7. The van der Waals surface area contributed by atoms with Crippen LogP contribution in [0, 0.1) is 0 Å². The molecular weight excluding hydrogens is 336 g/mol. The number of ether oxygens (including phenoxy) is 3. The third-order valence-electron chi connectivity index (χ3n) is 2.88. The lowest BCUT2D eigenvalue weighted by atomic mass is 10.2. The van der Waals surface area contributed by atoms with E-state index in [0.717, 1.165) is 6.08 Å². The Kier molecular flexibility index (Phi) is 8.57. The summed E-state index contributed by atoms with van der Waals surface area (Å²) in [5.41, 5.74) is 0.460. The van der Waals surface area contributed by atoms with Crippen LogP contribution >= 0.6 is 0 Å². The predicted octanol–water partition coefficient (Wildman–Crippen LogP) is -1.14. The minimum Gasteiger partial charge on any atom is -0.493 e. The molecule has 1 aromatic carbocycles. The number of methoxy groups -OCH3 is 1. The van der Waals surface area contributed by atoms with E-state index in [1.54, 1.807) is 6.07 Å². The molecule has 25 heavy (non-hydrogen) atoms. The van der Waals surface area contributed by atoms with Gasteiger partial charge in [0.2, 0.25) is 0 Å². The molecule has 2 atom stereocenters. The number of esters is 2. The van der Waals surface area contributed by atoms with Gasteiger partial charge in [-0.05, 0) is 23.8 Å². The van der Waals surface area contributed by atoms with Crippen molar-refractivity contribution in [1.82, 2.24) is 0 Å². The number of benzene rings is 1. The molecule has 9 heteroatoms. The Morgan fingerprint density at radius 3 is 2.48 bits per heavy atom. The maximum Gasteiger partial charge on any atom is 0.342 e. The van der Waals surface area contributed by atoms with Crippen LogP contribution in [0.15, 0.2) is 24.3 Å². The van der Waals surface area contributed by atoms with Gasteiger partial charge < -0.3 is 34.6 Å². The number of hydrogen-bond acceptors (Lipinski definition) is 9. The van der Waals surface area contributed by atoms with Crippen molar-refractivity contribution in [1.29, 1.82) is 0 Å². The van der Waals surface area contributed by atoms with Gasteiger partial charge in [0.05, 0.1) is 20.3 Å². The monoisotopic (exact) mass is 356 g/mol. The molecule has 2 unspecified atom stereocenters. The third kappa shape index (κ3) is 6.89. The minimum atomic E-state index is -1.68. The number of aliphatic hydroxyl groups is 4. The van der Waals surface area contributed by atoms with Crippen LogP contribution in [0.25, 0.3) is 6.08 Å². The zero-order valence-corrected chi connectivity index (χ0v) is 13.5. The molecule has 0 bridgehead atoms. The third-order valence-corrected chi connectivity index (χ3v) is 2.88. The van der Waals surface area contributed by atoms with Gasteiger partial charge in [-0.1, -0.05) is 6.07 Å². The highest BCUT2D eigenvalue weighted by molar-refractivity contribution is 5.87. The first-order valence-electron chi connectivity index (χ1n) is 7.23. The van der Waals surface area contributed by atoms with E-state index in [9.17, 15) is 14.7 Å². The molecule has 1 rings (SSSR count). The van der Waals surface area contributed by atoms with Crippen molar-refractivity contribution < 1.29 is 44.2 Å². The number of carbonyl (C=O) groups is 2. The minimum absolute atomic E-state index is 0.00813. The summed E-state index contributed by atoms with van der Waals surface area (Å²) in [4.78, 5) is 23.0. The van der Waals surface area contributed by atoms with Crippen molar-refractivity contribution >= 4 is 18.0 Å². The van der Waals surface area contributed by atoms with Crippen molar-refractivity contribution in [2.45, 2.75) is 12.2 Å². The molecule has 9 nitrogen and oxygen atoms in total. The second-order valence-electron chi connectivity index (χ2n) is 4.83. The van der Waals surface area contributed by atoms with E-state index in [1.807, 2.05) is 0 Å². The highest BCUT2D eigenvalue weighted by Crippen LogP contribution is 2.29. The Bertz CT molecular complexity index is 612. The summed E-state index contributed by atoms with van der Waals surface area (Å²) in [7, 11) is 1.36. The van der Waals surface area contributed by atoms with E-state index < -0.39 is 37.4 Å². The molecule has 0 amide bonds. The van der Waals surface area contributed by atoms with Crippen LogP contribution in [0.3, 0.4) is 0 Å². The van der Waals surface area contributed by atoms with E-state index >= 15 is 0 Å². The molecule has 0 aliphatic rings. The zero-order chi connectivity index (χ0) is 18.8. The molecule has 0 fully saturated rings. The van der Waals surface area contributed by atoms with E-state index in [2.05, 4.69) is 0 Å². The molecule has 4 N–H and O–H groups in total. The first-order valence-corrected chi connectivity index (χ1v) is 7.23. The molecule has 0 aromatic heterocycles. The maximum absolute atomic E-state index is 11.5. The molecule has 138 valence electrons. The van der Waals surface area contributed by atoms with Gasteiger partial charge in [-0.25, -0.2) is 9.59 Å². The number of hydrogen-bond donors (Lipinski definition) is 4. The summed E-state index contributed by atoms with van der Waals surface area (Å²) in [5.74, 6) is -1.59. The van der Waals surface area contributed by atoms with Crippen molar-refractivity contribution in [3.05, 3.63) is 29.8 Å². The summed E-state index contributed by atoms with van der Waals surface area (Å²) in [6.45, 7) is -1.65. The van der Waals surface area contributed by atoms with Gasteiger partial charge in [-0.3, -0.25) is 0 Å². The van der Waals surface area contributed by atoms with Gasteiger partial charge in [0.25, 0.3) is 0 Å². The number of carbonyl (C=O) groups excluding carboxylic acids is 2. The van der Waals surface area contributed by atoms with E-state index in [0.29, 0.717) is 5.56 Å². The lowest BCUT2D eigenvalue weighted by Gasteiger charge is -2.12. The number of rotatable bonds is 9. The largest absolute Gasteiger partial charge is 0.493 e. The normalized spacial score (nSPS) is 13.3. The van der Waals surface area contributed by atoms with Gasteiger partial charge in [-0.2, -0.15) is 0 Å². The SMILES string of the molecule is COc1ccc(C=CC(=O)OCC(O)CO)cc1OC(=O)C(O)CO. The van der Waals surface area contributed by atoms with Crippen molar-refractivity contribution in [2.75, 3.05) is 26.9 Å². The van der Waals surface area contributed by atoms with E-state index in [-0.39, 0.29) is 18.1 Å². The summed E-state index contributed by atoms with van der Waals surface area (Å²) in [6, 6.07) is 4.44. The molecule has 0 aliphatic carbocycles. The van der Waals surface area contributed by atoms with Crippen molar-refractivity contribution in [3.63, 3.8) is 0 Å². The van der Waals surface area contributed by atoms with Gasteiger partial charge in [0.15, 0.2) is 17.6 Å². The van der Waals surface area contributed by atoms with Crippen molar-refractivity contribution in [2.24, 2.45) is 0 Å². The highest BCUT2D eigenvalue weighted by atomic mass is 16.6. The van der Waals surface area contributed by atoms with E-state index in [1.165, 1.54) is 25.3 Å². The Labute approximate surface area is 143 Å². The van der Waals surface area contributed by atoms with Crippen LogP contribution < -0.4 is 9.47 Å². The summed E-state index contributed by atoms with van der Waals surface area (Å²) in [6.07, 6.45) is -0.383. The lowest BCUT2D eigenvalue weighted by Crippen LogP contribution is -2.28. The molecular formula is C16H20O9. The van der Waals surface area contributed by atoms with Crippen LogP contribution in [0.4, 0.5) is 0 Å². The molecule has 0 spiro atoms. The van der Waals surface area contributed by atoms with Crippen LogP contribution in [0.1, 0.15) is 5.56 Å². The molecule has 0 radical (unpaired) electrons. The molecule has 1 aromatic rings. The van der Waals surface area contributed by atoms with Crippen LogP contribution in [0.2, 0.25) is 0 Å². The highest BCUT2D eigenvalue weighted by Gasteiger charge is 2.18. The Morgan fingerprint density at radius 2 is 1.88 bits per heavy atom. The van der Waals surface area contributed by atoms with Gasteiger partial charge in [0, 0.05) is 6.08 Å². The fourth-order valence-corrected chi connectivity index (χ4v) is 1.57. The fourth-order valence-electron chi connectivity index (χ4n) is 1.57. The Hall–Kier alpha value is -2.46. The molecule has 0 heterocycles. The number of aliphatic hydroxyl groups excluding tert-OH is 4. The van der Waals surface area contributed by atoms with Crippen LogP contribution in [0.5, 0.6) is 11.5 Å².